The van der Waals surface area contributed by atoms with E-state index in [4.69, 9.17) is 34.8 Å². The third-order valence-corrected chi connectivity index (χ3v) is 3.92. The monoisotopic (exact) mass is 241 g/mol. The number of alkyl halides is 2. The average Bonchev–Trinajstić information content (AvgIpc) is 2.02. The van der Waals surface area contributed by atoms with Gasteiger partial charge < -0.3 is 0 Å². The predicted molar refractivity (Wildman–Crippen MR) is 60.5 cm³/mol. The molecule has 0 aromatic heterocycles. The Hall–Kier alpha value is 0.540. The van der Waals surface area contributed by atoms with Crippen LogP contribution in [0.1, 0.15) is 26.2 Å². The molecule has 0 N–H and O–H groups in total. The molecule has 0 aromatic carbocycles. The van der Waals surface area contributed by atoms with E-state index >= 15 is 0 Å². The third-order valence-electron chi connectivity index (χ3n) is 2.63. The van der Waals surface area contributed by atoms with Crippen molar-refractivity contribution in [1.82, 2.24) is 0 Å². The lowest BCUT2D eigenvalue weighted by Gasteiger charge is -2.38. The second kappa shape index (κ2) is 4.37. The number of hydrogen-bond acceptors (Lipinski definition) is 1. The molecule has 1 aliphatic rings. The van der Waals surface area contributed by atoms with E-state index in [1.165, 1.54) is 0 Å². The highest BCUT2D eigenvalue weighted by molar-refractivity contribution is 6.67. The molecule has 76 valence electrons. The summed E-state index contributed by atoms with van der Waals surface area (Å²) in [5, 5.41) is 0.574. The van der Waals surface area contributed by atoms with E-state index in [1.807, 2.05) is 6.92 Å². The van der Waals surface area contributed by atoms with Crippen LogP contribution in [0.4, 0.5) is 0 Å². The van der Waals surface area contributed by atoms with E-state index in [2.05, 4.69) is 4.99 Å². The molecule has 1 nitrogen and oxygen atoms in total. The van der Waals surface area contributed by atoms with Crippen molar-refractivity contribution in [1.29, 1.82) is 0 Å². The number of aliphatic imine (C=N–C) groups is 1. The van der Waals surface area contributed by atoms with Crippen LogP contribution in [0.2, 0.25) is 0 Å². The minimum Gasteiger partial charge on any atom is -0.280 e. The van der Waals surface area contributed by atoms with Crippen molar-refractivity contribution in [3.05, 3.63) is 0 Å². The molecule has 0 aromatic rings. The number of nitrogens with zero attached hydrogens (tertiary/aromatic N) is 1. The van der Waals surface area contributed by atoms with Crippen LogP contribution < -0.4 is 0 Å². The van der Waals surface area contributed by atoms with E-state index in [-0.39, 0.29) is 16.2 Å². The molecular formula is C9H14Cl3N. The Bertz CT molecular complexity index is 213. The second-order valence-electron chi connectivity index (χ2n) is 3.71. The second-order valence-corrected chi connectivity index (χ2v) is 5.52. The average molecular weight is 243 g/mol. The summed E-state index contributed by atoms with van der Waals surface area (Å²) in [4.78, 5) is 3.64. The van der Waals surface area contributed by atoms with Gasteiger partial charge in [0.15, 0.2) is 0 Å². The zero-order chi connectivity index (χ0) is 10.1. The van der Waals surface area contributed by atoms with E-state index in [0.717, 1.165) is 19.3 Å². The van der Waals surface area contributed by atoms with Crippen LogP contribution in [-0.2, 0) is 0 Å². The maximum atomic E-state index is 6.36. The first-order valence-corrected chi connectivity index (χ1v) is 5.63. The van der Waals surface area contributed by atoms with Gasteiger partial charge in [-0.2, -0.15) is 0 Å². The molecule has 0 spiro atoms. The predicted octanol–water partition coefficient (Wildman–Crippen LogP) is 3.66. The van der Waals surface area contributed by atoms with Gasteiger partial charge in [-0.25, -0.2) is 0 Å². The lowest BCUT2D eigenvalue weighted by Crippen LogP contribution is -2.42. The van der Waals surface area contributed by atoms with Gasteiger partial charge in [-0.15, -0.1) is 23.2 Å². The molecule has 0 radical (unpaired) electrons. The van der Waals surface area contributed by atoms with E-state index in [0.29, 0.717) is 5.17 Å². The Morgan fingerprint density at radius 2 is 2.15 bits per heavy atom. The van der Waals surface area contributed by atoms with Crippen molar-refractivity contribution >= 4 is 40.0 Å². The van der Waals surface area contributed by atoms with Crippen LogP contribution in [0.5, 0.6) is 0 Å². The highest BCUT2D eigenvalue weighted by atomic mass is 35.5. The highest BCUT2D eigenvalue weighted by Gasteiger charge is 2.42. The Balaban J connectivity index is 2.87. The minimum atomic E-state index is -0.332. The van der Waals surface area contributed by atoms with Crippen LogP contribution in [-0.4, -0.2) is 22.5 Å². The van der Waals surface area contributed by atoms with Gasteiger partial charge in [0.1, 0.15) is 5.17 Å². The molecule has 0 heterocycles. The maximum absolute atomic E-state index is 6.36. The van der Waals surface area contributed by atoms with Gasteiger partial charge >= 0.3 is 0 Å². The SMILES string of the molecule is C/N=C(\Cl)C1[C@@H](Cl)CCCC1(C)Cl. The van der Waals surface area contributed by atoms with Crippen LogP contribution >= 0.6 is 34.8 Å². The number of hydrogen-bond donors (Lipinski definition) is 0. The van der Waals surface area contributed by atoms with Crippen molar-refractivity contribution < 1.29 is 0 Å². The third kappa shape index (κ3) is 2.51. The maximum Gasteiger partial charge on any atom is 0.106 e. The van der Waals surface area contributed by atoms with Crippen molar-refractivity contribution in [2.45, 2.75) is 36.4 Å². The Labute approximate surface area is 94.5 Å². The topological polar surface area (TPSA) is 12.4 Å². The molecule has 0 aliphatic heterocycles. The summed E-state index contributed by atoms with van der Waals surface area (Å²) in [5.74, 6) is -0.00347. The zero-order valence-corrected chi connectivity index (χ0v) is 10.1. The standard InChI is InChI=1S/C9H14Cl3N/c1-9(12)5-3-4-6(10)7(9)8(11)13-2/h6-7H,3-5H2,1-2H3/b13-8-/t6-,7?,9?/m0/s1. The smallest absolute Gasteiger partial charge is 0.106 e. The molecule has 3 atom stereocenters. The molecule has 0 amide bonds. The first-order valence-electron chi connectivity index (χ1n) is 4.44. The Kier molecular flexibility index (Phi) is 3.91. The number of rotatable bonds is 1. The normalized spacial score (nSPS) is 42.1. The molecule has 1 fully saturated rings. The van der Waals surface area contributed by atoms with Gasteiger partial charge in [0.2, 0.25) is 0 Å². The molecule has 0 saturated heterocycles. The van der Waals surface area contributed by atoms with Gasteiger partial charge in [0.25, 0.3) is 0 Å². The summed E-state index contributed by atoms with van der Waals surface area (Å²) < 4.78 is 0. The quantitative estimate of drug-likeness (QED) is 0.492. The molecule has 1 rings (SSSR count). The van der Waals surface area contributed by atoms with Crippen molar-refractivity contribution in [2.75, 3.05) is 7.05 Å². The molecule has 1 saturated carbocycles. The van der Waals surface area contributed by atoms with Crippen LogP contribution in [0.15, 0.2) is 4.99 Å². The Morgan fingerprint density at radius 3 is 2.62 bits per heavy atom. The van der Waals surface area contributed by atoms with Gasteiger partial charge in [0, 0.05) is 18.3 Å². The fourth-order valence-corrected chi connectivity index (χ4v) is 3.40. The summed E-state index contributed by atoms with van der Waals surface area (Å²) >= 11 is 18.6. The largest absolute Gasteiger partial charge is 0.280 e. The van der Waals surface area contributed by atoms with Crippen LogP contribution in [0.25, 0.3) is 0 Å². The first kappa shape index (κ1) is 11.6. The van der Waals surface area contributed by atoms with Gasteiger partial charge in [-0.3, -0.25) is 4.99 Å². The van der Waals surface area contributed by atoms with Crippen molar-refractivity contribution in [3.63, 3.8) is 0 Å². The highest BCUT2D eigenvalue weighted by Crippen LogP contribution is 2.42. The fourth-order valence-electron chi connectivity index (χ4n) is 1.88. The van der Waals surface area contributed by atoms with E-state index < -0.39 is 0 Å². The lowest BCUT2D eigenvalue weighted by atomic mass is 9.80. The lowest BCUT2D eigenvalue weighted by molar-refractivity contribution is 0.362. The molecule has 13 heavy (non-hydrogen) atoms. The molecule has 2 unspecified atom stereocenters. The summed E-state index contributed by atoms with van der Waals surface area (Å²) in [5.41, 5.74) is 0. The Morgan fingerprint density at radius 1 is 1.54 bits per heavy atom. The molecule has 1 aliphatic carbocycles. The minimum absolute atomic E-state index is 0.00347. The van der Waals surface area contributed by atoms with Gasteiger partial charge in [0.05, 0.1) is 4.87 Å². The summed E-state index contributed by atoms with van der Waals surface area (Å²) in [6.45, 7) is 1.99. The summed E-state index contributed by atoms with van der Waals surface area (Å²) in [6.07, 6.45) is 2.99. The molecule has 4 heteroatoms. The molecule has 0 bridgehead atoms. The summed E-state index contributed by atoms with van der Waals surface area (Å²) in [7, 11) is 1.67. The van der Waals surface area contributed by atoms with Crippen LogP contribution in [0.3, 0.4) is 0 Å². The summed E-state index contributed by atoms with van der Waals surface area (Å²) in [6, 6.07) is 0. The number of halogens is 3. The fraction of sp³-hybridized carbons (Fsp3) is 0.889. The van der Waals surface area contributed by atoms with E-state index in [1.54, 1.807) is 7.05 Å². The van der Waals surface area contributed by atoms with Crippen molar-refractivity contribution in [2.24, 2.45) is 10.9 Å². The zero-order valence-electron chi connectivity index (χ0n) is 7.86. The van der Waals surface area contributed by atoms with Crippen molar-refractivity contribution in [3.8, 4) is 0 Å². The molecular weight excluding hydrogens is 228 g/mol. The van der Waals surface area contributed by atoms with E-state index in [9.17, 15) is 0 Å². The van der Waals surface area contributed by atoms with Gasteiger partial charge in [-0.05, 0) is 19.8 Å². The van der Waals surface area contributed by atoms with Crippen LogP contribution in [0, 0.1) is 5.92 Å². The van der Waals surface area contributed by atoms with Gasteiger partial charge in [-0.1, -0.05) is 18.0 Å². The first-order chi connectivity index (χ1) is 5.99.